The van der Waals surface area contributed by atoms with Gasteiger partial charge in [0.05, 0.1) is 13.2 Å². The first-order valence-corrected chi connectivity index (χ1v) is 11.9. The van der Waals surface area contributed by atoms with Crippen LogP contribution in [0.4, 0.5) is 10.5 Å². The van der Waals surface area contributed by atoms with Gasteiger partial charge >= 0.3 is 6.09 Å². The molecule has 1 heterocycles. The van der Waals surface area contributed by atoms with E-state index in [-0.39, 0.29) is 12.2 Å². The standard InChI is InChI=1S/C21H29ClN4O5S/c1-4-6-7-10-26(32(29)30)20(27)19-14-25(15(3)23-19)13-16-8-9-17(12-18(16)22)24-21(28)31-11-5-2/h8-9,12,14H,4-7,10-11,13H2,1-3H3,(H,24,28)(H,29,30). The van der Waals surface area contributed by atoms with E-state index < -0.39 is 23.3 Å². The van der Waals surface area contributed by atoms with Crippen LogP contribution in [0.25, 0.3) is 0 Å². The minimum Gasteiger partial charge on any atom is -0.449 e. The molecular formula is C21H29ClN4O5S. The van der Waals surface area contributed by atoms with Gasteiger partial charge in [0.25, 0.3) is 17.2 Å². The number of aromatic nitrogens is 2. The summed E-state index contributed by atoms with van der Waals surface area (Å²) in [6.45, 7) is 6.51. The minimum atomic E-state index is -2.42. The van der Waals surface area contributed by atoms with Crippen molar-refractivity contribution >= 4 is 40.6 Å². The summed E-state index contributed by atoms with van der Waals surface area (Å²) in [5, 5.41) is 3.04. The Morgan fingerprint density at radius 3 is 2.66 bits per heavy atom. The summed E-state index contributed by atoms with van der Waals surface area (Å²) in [4.78, 5) is 28.7. The summed E-state index contributed by atoms with van der Waals surface area (Å²) in [7, 11) is 0. The van der Waals surface area contributed by atoms with Crippen LogP contribution in [0.1, 0.15) is 61.4 Å². The molecule has 1 aromatic carbocycles. The first-order chi connectivity index (χ1) is 15.3. The Morgan fingerprint density at radius 1 is 1.28 bits per heavy atom. The number of nitrogens with zero attached hydrogens (tertiary/aromatic N) is 3. The predicted octanol–water partition coefficient (Wildman–Crippen LogP) is 4.62. The van der Waals surface area contributed by atoms with Gasteiger partial charge in [-0.25, -0.2) is 18.3 Å². The second kappa shape index (κ2) is 12.6. The number of carbonyl (C=O) groups is 2. The lowest BCUT2D eigenvalue weighted by Gasteiger charge is -2.16. The van der Waals surface area contributed by atoms with Crippen LogP contribution < -0.4 is 5.32 Å². The molecule has 2 aromatic rings. The number of aryl methyl sites for hydroxylation is 1. The van der Waals surface area contributed by atoms with E-state index in [1.807, 2.05) is 13.8 Å². The zero-order valence-corrected chi connectivity index (χ0v) is 20.0. The van der Waals surface area contributed by atoms with Crippen LogP contribution in [-0.2, 0) is 22.5 Å². The van der Waals surface area contributed by atoms with Gasteiger partial charge in [0.15, 0.2) is 0 Å². The molecule has 0 saturated heterocycles. The summed E-state index contributed by atoms with van der Waals surface area (Å²) >= 11 is 3.96. The van der Waals surface area contributed by atoms with Gasteiger partial charge < -0.3 is 9.30 Å². The van der Waals surface area contributed by atoms with Crippen LogP contribution in [0.5, 0.6) is 0 Å². The Bertz CT molecular complexity index is 966. The molecule has 2 amide bonds. The van der Waals surface area contributed by atoms with Crippen molar-refractivity contribution in [2.45, 2.75) is 53.0 Å². The number of hydrogen-bond donors (Lipinski definition) is 2. The Kier molecular flexibility index (Phi) is 10.1. The van der Waals surface area contributed by atoms with Gasteiger partial charge in [-0.15, -0.1) is 0 Å². The molecule has 2 N–H and O–H groups in total. The van der Waals surface area contributed by atoms with Gasteiger partial charge in [-0.3, -0.25) is 14.7 Å². The normalized spacial score (nSPS) is 11.8. The highest BCUT2D eigenvalue weighted by Gasteiger charge is 2.23. The summed E-state index contributed by atoms with van der Waals surface area (Å²) in [6.07, 6.45) is 4.15. The van der Waals surface area contributed by atoms with Crippen molar-refractivity contribution in [1.29, 1.82) is 0 Å². The first-order valence-electron chi connectivity index (χ1n) is 10.5. The number of benzene rings is 1. The second-order valence-electron chi connectivity index (χ2n) is 7.21. The van der Waals surface area contributed by atoms with E-state index >= 15 is 0 Å². The quantitative estimate of drug-likeness (QED) is 0.355. The maximum Gasteiger partial charge on any atom is 0.411 e. The number of hydrogen-bond acceptors (Lipinski definition) is 5. The molecule has 0 aliphatic carbocycles. The van der Waals surface area contributed by atoms with Gasteiger partial charge in [-0.2, -0.15) is 0 Å². The summed E-state index contributed by atoms with van der Waals surface area (Å²) in [6, 6.07) is 5.09. The molecule has 0 spiro atoms. The number of rotatable bonds is 11. The molecule has 0 bridgehead atoms. The number of anilines is 1. The fourth-order valence-electron chi connectivity index (χ4n) is 2.94. The molecule has 2 rings (SSSR count). The van der Waals surface area contributed by atoms with Crippen LogP contribution in [0, 0.1) is 6.92 Å². The number of nitrogens with one attached hydrogen (secondary N) is 1. The molecule has 176 valence electrons. The fraction of sp³-hybridized carbons (Fsp3) is 0.476. The summed E-state index contributed by atoms with van der Waals surface area (Å²) in [5.74, 6) is -0.0352. The molecule has 0 radical (unpaired) electrons. The largest absolute Gasteiger partial charge is 0.449 e. The smallest absolute Gasteiger partial charge is 0.411 e. The average molecular weight is 485 g/mol. The molecule has 0 saturated carbocycles. The third-order valence-corrected chi connectivity index (χ3v) is 5.73. The SMILES string of the molecule is CCCCCN(C(=O)c1cn(Cc2ccc(NC(=O)OCCC)cc2Cl)c(C)n1)S(=O)O. The van der Waals surface area contributed by atoms with Crippen molar-refractivity contribution in [3.63, 3.8) is 0 Å². The van der Waals surface area contributed by atoms with E-state index in [1.165, 1.54) is 0 Å². The summed E-state index contributed by atoms with van der Waals surface area (Å²) in [5.41, 5.74) is 1.35. The van der Waals surface area contributed by atoms with Crippen LogP contribution in [0.2, 0.25) is 5.02 Å². The number of ether oxygens (including phenoxy) is 1. The molecule has 1 atom stereocenters. The molecular weight excluding hydrogens is 456 g/mol. The number of halogens is 1. The van der Waals surface area contributed by atoms with E-state index in [4.69, 9.17) is 16.3 Å². The van der Waals surface area contributed by atoms with E-state index in [2.05, 4.69) is 10.3 Å². The van der Waals surface area contributed by atoms with Crippen molar-refractivity contribution in [2.24, 2.45) is 0 Å². The lowest BCUT2D eigenvalue weighted by atomic mass is 10.2. The van der Waals surface area contributed by atoms with Gasteiger partial charge in [-0.05, 0) is 37.5 Å². The van der Waals surface area contributed by atoms with Crippen molar-refractivity contribution in [3.05, 3.63) is 46.5 Å². The van der Waals surface area contributed by atoms with Gasteiger partial charge in [-0.1, -0.05) is 44.4 Å². The van der Waals surface area contributed by atoms with Crippen LogP contribution >= 0.6 is 11.6 Å². The zero-order valence-electron chi connectivity index (χ0n) is 18.5. The lowest BCUT2D eigenvalue weighted by Crippen LogP contribution is -2.33. The maximum absolute atomic E-state index is 12.7. The number of imidazole rings is 1. The van der Waals surface area contributed by atoms with Gasteiger partial charge in [0.1, 0.15) is 11.5 Å². The van der Waals surface area contributed by atoms with Crippen molar-refractivity contribution in [3.8, 4) is 0 Å². The molecule has 32 heavy (non-hydrogen) atoms. The Morgan fingerprint density at radius 2 is 2.03 bits per heavy atom. The van der Waals surface area contributed by atoms with E-state index in [1.54, 1.807) is 35.9 Å². The molecule has 0 aliphatic heterocycles. The maximum atomic E-state index is 12.7. The highest BCUT2D eigenvalue weighted by Crippen LogP contribution is 2.23. The number of amides is 2. The van der Waals surface area contributed by atoms with Crippen LogP contribution in [0.15, 0.2) is 24.4 Å². The molecule has 0 aliphatic rings. The van der Waals surface area contributed by atoms with Gasteiger partial charge in [0.2, 0.25) is 0 Å². The number of carbonyl (C=O) groups excluding carboxylic acids is 2. The second-order valence-corrected chi connectivity index (χ2v) is 8.52. The monoisotopic (exact) mass is 484 g/mol. The van der Waals surface area contributed by atoms with Gasteiger partial charge in [0, 0.05) is 23.5 Å². The third kappa shape index (κ3) is 7.32. The predicted molar refractivity (Wildman–Crippen MR) is 124 cm³/mol. The molecule has 11 heteroatoms. The van der Waals surface area contributed by atoms with Crippen LogP contribution in [-0.4, -0.2) is 47.8 Å². The molecule has 9 nitrogen and oxygen atoms in total. The zero-order chi connectivity index (χ0) is 23.7. The molecule has 1 aromatic heterocycles. The highest BCUT2D eigenvalue weighted by atomic mass is 35.5. The summed E-state index contributed by atoms with van der Waals surface area (Å²) < 4.78 is 28.8. The number of unbranched alkanes of at least 4 members (excludes halogenated alkanes) is 2. The lowest BCUT2D eigenvalue weighted by molar-refractivity contribution is 0.0853. The fourth-order valence-corrected chi connectivity index (χ4v) is 3.70. The highest BCUT2D eigenvalue weighted by molar-refractivity contribution is 7.77. The van der Waals surface area contributed by atoms with Crippen molar-refractivity contribution in [2.75, 3.05) is 18.5 Å². The molecule has 1 unspecified atom stereocenters. The minimum absolute atomic E-state index is 0.0921. The topological polar surface area (TPSA) is 114 Å². The van der Waals surface area contributed by atoms with Crippen LogP contribution in [0.3, 0.4) is 0 Å². The Hall–Kier alpha value is -2.43. The Balaban J connectivity index is 2.11. The average Bonchev–Trinajstić information content (AvgIpc) is 3.11. The van der Waals surface area contributed by atoms with E-state index in [9.17, 15) is 18.4 Å². The van der Waals surface area contributed by atoms with Crippen molar-refractivity contribution < 1.29 is 23.1 Å². The molecule has 0 fully saturated rings. The van der Waals surface area contributed by atoms with Crippen molar-refractivity contribution in [1.82, 2.24) is 13.9 Å². The van der Waals surface area contributed by atoms with E-state index in [0.29, 0.717) is 36.1 Å². The first kappa shape index (κ1) is 25.8. The Labute approximate surface area is 195 Å². The van der Waals surface area contributed by atoms with E-state index in [0.717, 1.165) is 29.1 Å². The third-order valence-electron chi connectivity index (χ3n) is 4.65.